The molecule has 1 heterocycles. The summed E-state index contributed by atoms with van der Waals surface area (Å²) in [6, 6.07) is 9.32. The second-order valence-electron chi connectivity index (χ2n) is 6.31. The number of ether oxygens (including phenoxy) is 1. The standard InChI is InChI=1S/C18H30N2O/c1-4-10-19-17-9-11-20(12-13-21-14-15(2)3)18-8-6-5-7-16(17)18/h5-8,15,17,19H,4,9-14H2,1-3H3. The van der Waals surface area contributed by atoms with Gasteiger partial charge < -0.3 is 15.0 Å². The van der Waals surface area contributed by atoms with Crippen LogP contribution in [0.1, 0.15) is 45.2 Å². The third-order valence-electron chi connectivity index (χ3n) is 3.94. The molecular formula is C18H30N2O. The molecule has 1 unspecified atom stereocenters. The Balaban J connectivity index is 1.95. The van der Waals surface area contributed by atoms with Crippen LogP contribution in [0.4, 0.5) is 5.69 Å². The quantitative estimate of drug-likeness (QED) is 0.740. The number of nitrogens with one attached hydrogen (secondary N) is 1. The van der Waals surface area contributed by atoms with Gasteiger partial charge in [0.25, 0.3) is 0 Å². The largest absolute Gasteiger partial charge is 0.379 e. The maximum atomic E-state index is 5.75. The van der Waals surface area contributed by atoms with Crippen molar-refractivity contribution in [1.29, 1.82) is 0 Å². The van der Waals surface area contributed by atoms with Crippen molar-refractivity contribution in [2.75, 3.05) is 37.7 Å². The number of anilines is 1. The highest BCUT2D eigenvalue weighted by atomic mass is 16.5. The second-order valence-corrected chi connectivity index (χ2v) is 6.31. The molecule has 0 spiro atoms. The first-order valence-corrected chi connectivity index (χ1v) is 8.37. The van der Waals surface area contributed by atoms with Crippen LogP contribution in [0.2, 0.25) is 0 Å². The highest BCUT2D eigenvalue weighted by Gasteiger charge is 2.23. The molecular weight excluding hydrogens is 260 g/mol. The van der Waals surface area contributed by atoms with E-state index in [0.717, 1.165) is 32.8 Å². The smallest absolute Gasteiger partial charge is 0.0641 e. The average Bonchev–Trinajstić information content (AvgIpc) is 2.50. The van der Waals surface area contributed by atoms with Crippen LogP contribution < -0.4 is 10.2 Å². The predicted molar refractivity (Wildman–Crippen MR) is 90.0 cm³/mol. The summed E-state index contributed by atoms with van der Waals surface area (Å²) in [5.41, 5.74) is 2.83. The highest BCUT2D eigenvalue weighted by molar-refractivity contribution is 5.57. The van der Waals surface area contributed by atoms with E-state index in [-0.39, 0.29) is 0 Å². The Bertz CT molecular complexity index is 419. The van der Waals surface area contributed by atoms with Gasteiger partial charge in [-0.1, -0.05) is 39.0 Å². The fourth-order valence-electron chi connectivity index (χ4n) is 2.89. The van der Waals surface area contributed by atoms with E-state index in [1.807, 2.05) is 0 Å². The van der Waals surface area contributed by atoms with Crippen molar-refractivity contribution in [1.82, 2.24) is 5.32 Å². The van der Waals surface area contributed by atoms with Crippen molar-refractivity contribution in [3.63, 3.8) is 0 Å². The fraction of sp³-hybridized carbons (Fsp3) is 0.667. The van der Waals surface area contributed by atoms with Gasteiger partial charge >= 0.3 is 0 Å². The molecule has 1 aliphatic heterocycles. The summed E-state index contributed by atoms with van der Waals surface area (Å²) in [7, 11) is 0. The zero-order valence-corrected chi connectivity index (χ0v) is 13.8. The summed E-state index contributed by atoms with van der Waals surface area (Å²) in [5.74, 6) is 0.612. The number of hydrogen-bond acceptors (Lipinski definition) is 3. The number of fused-ring (bicyclic) bond motifs is 1. The van der Waals surface area contributed by atoms with Crippen LogP contribution >= 0.6 is 0 Å². The number of hydrogen-bond donors (Lipinski definition) is 1. The highest BCUT2D eigenvalue weighted by Crippen LogP contribution is 2.33. The normalized spacial score (nSPS) is 18.1. The van der Waals surface area contributed by atoms with Gasteiger partial charge in [-0.3, -0.25) is 0 Å². The Labute approximate surface area is 129 Å². The summed E-state index contributed by atoms with van der Waals surface area (Å²) < 4.78 is 5.75. The average molecular weight is 290 g/mol. The maximum Gasteiger partial charge on any atom is 0.0641 e. The summed E-state index contributed by atoms with van der Waals surface area (Å²) in [6.07, 6.45) is 2.37. The van der Waals surface area contributed by atoms with Gasteiger partial charge in [-0.05, 0) is 36.9 Å². The van der Waals surface area contributed by atoms with E-state index in [1.54, 1.807) is 0 Å². The lowest BCUT2D eigenvalue weighted by Gasteiger charge is -2.36. The first-order chi connectivity index (χ1) is 10.2. The molecule has 0 saturated heterocycles. The summed E-state index contributed by atoms with van der Waals surface area (Å²) >= 11 is 0. The van der Waals surface area contributed by atoms with Gasteiger partial charge in [0.15, 0.2) is 0 Å². The van der Waals surface area contributed by atoms with Crippen molar-refractivity contribution in [2.24, 2.45) is 5.92 Å². The topological polar surface area (TPSA) is 24.5 Å². The molecule has 3 heteroatoms. The minimum atomic E-state index is 0.508. The predicted octanol–water partition coefficient (Wildman–Crippen LogP) is 3.61. The van der Waals surface area contributed by atoms with Crippen molar-refractivity contribution in [3.05, 3.63) is 29.8 Å². The number of para-hydroxylation sites is 1. The van der Waals surface area contributed by atoms with Crippen LogP contribution in [-0.4, -0.2) is 32.8 Å². The molecule has 1 aromatic rings. The Morgan fingerprint density at radius 1 is 1.33 bits per heavy atom. The monoisotopic (exact) mass is 290 g/mol. The molecule has 1 aliphatic rings. The molecule has 1 atom stereocenters. The SMILES string of the molecule is CCCNC1CCN(CCOCC(C)C)c2ccccc21. The Hall–Kier alpha value is -1.06. The van der Waals surface area contributed by atoms with E-state index >= 15 is 0 Å². The Morgan fingerprint density at radius 3 is 2.90 bits per heavy atom. The molecule has 0 radical (unpaired) electrons. The van der Waals surface area contributed by atoms with E-state index in [4.69, 9.17) is 4.74 Å². The summed E-state index contributed by atoms with van der Waals surface area (Å²) in [5, 5.41) is 3.67. The molecule has 0 bridgehead atoms. The third-order valence-corrected chi connectivity index (χ3v) is 3.94. The number of nitrogens with zero attached hydrogens (tertiary/aromatic N) is 1. The van der Waals surface area contributed by atoms with Crippen LogP contribution in [0.5, 0.6) is 0 Å². The van der Waals surface area contributed by atoms with Crippen molar-refractivity contribution in [2.45, 2.75) is 39.7 Å². The van der Waals surface area contributed by atoms with Crippen molar-refractivity contribution >= 4 is 5.69 Å². The van der Waals surface area contributed by atoms with Crippen LogP contribution in [-0.2, 0) is 4.74 Å². The summed E-state index contributed by atoms with van der Waals surface area (Å²) in [4.78, 5) is 2.47. The van der Waals surface area contributed by atoms with Crippen LogP contribution in [0, 0.1) is 5.92 Å². The van der Waals surface area contributed by atoms with Crippen molar-refractivity contribution in [3.8, 4) is 0 Å². The third kappa shape index (κ3) is 4.72. The van der Waals surface area contributed by atoms with Gasteiger partial charge in [0.05, 0.1) is 6.61 Å². The maximum absolute atomic E-state index is 5.75. The number of rotatable bonds is 8. The van der Waals surface area contributed by atoms with E-state index < -0.39 is 0 Å². The van der Waals surface area contributed by atoms with E-state index in [9.17, 15) is 0 Å². The summed E-state index contributed by atoms with van der Waals surface area (Å²) in [6.45, 7) is 11.5. The van der Waals surface area contributed by atoms with Gasteiger partial charge in [0.2, 0.25) is 0 Å². The van der Waals surface area contributed by atoms with Crippen LogP contribution in [0.25, 0.3) is 0 Å². The zero-order valence-electron chi connectivity index (χ0n) is 13.8. The van der Waals surface area contributed by atoms with Crippen LogP contribution in [0.15, 0.2) is 24.3 Å². The molecule has 21 heavy (non-hydrogen) atoms. The molecule has 118 valence electrons. The molecule has 1 aromatic carbocycles. The molecule has 0 saturated carbocycles. The Morgan fingerprint density at radius 2 is 2.14 bits per heavy atom. The Kier molecular flexibility index (Phi) is 6.52. The van der Waals surface area contributed by atoms with Gasteiger partial charge in [0.1, 0.15) is 0 Å². The molecule has 2 rings (SSSR count). The first-order valence-electron chi connectivity index (χ1n) is 8.37. The molecule has 1 N–H and O–H groups in total. The van der Waals surface area contributed by atoms with Crippen LogP contribution in [0.3, 0.4) is 0 Å². The van der Waals surface area contributed by atoms with Gasteiger partial charge in [-0.2, -0.15) is 0 Å². The molecule has 3 nitrogen and oxygen atoms in total. The molecule has 0 fully saturated rings. The molecule has 0 amide bonds. The van der Waals surface area contributed by atoms with Gasteiger partial charge in [0, 0.05) is 31.4 Å². The minimum Gasteiger partial charge on any atom is -0.379 e. The molecule has 0 aromatic heterocycles. The molecule has 0 aliphatic carbocycles. The van der Waals surface area contributed by atoms with E-state index in [0.29, 0.717) is 12.0 Å². The van der Waals surface area contributed by atoms with Crippen molar-refractivity contribution < 1.29 is 4.74 Å². The second kappa shape index (κ2) is 8.40. The fourth-order valence-corrected chi connectivity index (χ4v) is 2.89. The lowest BCUT2D eigenvalue weighted by molar-refractivity contribution is 0.115. The van der Waals surface area contributed by atoms with E-state index in [1.165, 1.54) is 24.1 Å². The lowest BCUT2D eigenvalue weighted by Crippen LogP contribution is -2.38. The van der Waals surface area contributed by atoms with Gasteiger partial charge in [-0.25, -0.2) is 0 Å². The zero-order chi connectivity index (χ0) is 15.1. The number of benzene rings is 1. The van der Waals surface area contributed by atoms with E-state index in [2.05, 4.69) is 55.3 Å². The lowest BCUT2D eigenvalue weighted by atomic mass is 9.96. The first kappa shape index (κ1) is 16.3. The minimum absolute atomic E-state index is 0.508. The van der Waals surface area contributed by atoms with Gasteiger partial charge in [-0.15, -0.1) is 0 Å².